The van der Waals surface area contributed by atoms with Crippen molar-refractivity contribution in [3.63, 3.8) is 0 Å². The molecule has 120 valence electrons. The molecule has 0 aromatic heterocycles. The maximum absolute atomic E-state index is 12.7. The van der Waals surface area contributed by atoms with Crippen molar-refractivity contribution < 1.29 is 14.6 Å². The molecule has 2 nitrogen and oxygen atoms in total. The van der Waals surface area contributed by atoms with Crippen LogP contribution in [0.4, 0.5) is 4.39 Å². The van der Waals surface area contributed by atoms with Crippen LogP contribution in [0.1, 0.15) is 54.4 Å². The van der Waals surface area contributed by atoms with Crippen LogP contribution in [0.2, 0.25) is 0 Å². The minimum atomic E-state index is -1.50. The van der Waals surface area contributed by atoms with Crippen molar-refractivity contribution in [3.05, 3.63) is 0 Å². The predicted octanol–water partition coefficient (Wildman–Crippen LogP) is 3.17. The maximum atomic E-state index is 12.7. The highest BCUT2D eigenvalue weighted by Crippen LogP contribution is 2.27. The first-order chi connectivity index (χ1) is 9.53. The molecule has 1 aliphatic carbocycles. The van der Waals surface area contributed by atoms with Crippen LogP contribution < -0.4 is 0 Å². The van der Waals surface area contributed by atoms with Crippen molar-refractivity contribution in [1.82, 2.24) is 0 Å². The molecule has 3 heteroatoms. The van der Waals surface area contributed by atoms with E-state index < -0.39 is 17.9 Å². The van der Waals surface area contributed by atoms with Crippen LogP contribution in [0.15, 0.2) is 0 Å². The average molecular weight is 296 g/mol. The van der Waals surface area contributed by atoms with Crippen molar-refractivity contribution in [2.24, 2.45) is 17.8 Å². The Bertz CT molecular complexity index is 408. The van der Waals surface area contributed by atoms with Crippen LogP contribution in [-0.2, 0) is 0 Å². The molecule has 2 unspecified atom stereocenters. The van der Waals surface area contributed by atoms with Crippen LogP contribution in [0, 0.1) is 41.4 Å². The van der Waals surface area contributed by atoms with E-state index in [4.69, 9.17) is 5.11 Å². The second kappa shape index (κ2) is 9.08. The third kappa shape index (κ3) is 12.4. The summed E-state index contributed by atoms with van der Waals surface area (Å²) < 4.78 is 12.7. The highest BCUT2D eigenvalue weighted by Gasteiger charge is 2.18. The second-order valence-corrected chi connectivity index (χ2v) is 6.68. The zero-order valence-electron chi connectivity index (χ0n) is 14.1. The van der Waals surface area contributed by atoms with E-state index in [0.717, 1.165) is 0 Å². The van der Waals surface area contributed by atoms with Crippen molar-refractivity contribution >= 4 is 0 Å². The largest absolute Gasteiger partial charge is 0.380 e. The Morgan fingerprint density at radius 2 is 1.38 bits per heavy atom. The summed E-state index contributed by atoms with van der Waals surface area (Å²) in [5.74, 6) is 11.6. The average Bonchev–Trinajstić information content (AvgIpc) is 3.16. The molecule has 0 aromatic carbocycles. The zero-order valence-corrected chi connectivity index (χ0v) is 14.1. The summed E-state index contributed by atoms with van der Waals surface area (Å²) in [6.45, 7) is 10.4. The van der Waals surface area contributed by atoms with Gasteiger partial charge in [0.2, 0.25) is 0 Å². The normalized spacial score (nSPS) is 16.9. The minimum Gasteiger partial charge on any atom is -0.380 e. The van der Waals surface area contributed by atoms with Gasteiger partial charge in [0.1, 0.15) is 12.2 Å². The Labute approximate surface area is 129 Å². The lowest BCUT2D eigenvalue weighted by Gasteiger charge is -2.07. The van der Waals surface area contributed by atoms with Gasteiger partial charge in [0.05, 0.1) is 0 Å². The van der Waals surface area contributed by atoms with Crippen molar-refractivity contribution in [1.29, 1.82) is 0 Å². The molecule has 0 heterocycles. The Kier molecular flexibility index (Phi) is 8.64. The van der Waals surface area contributed by atoms with Gasteiger partial charge in [0, 0.05) is 5.92 Å². The molecule has 1 saturated carbocycles. The molecular weight excluding hydrogens is 267 g/mol. The molecule has 0 bridgehead atoms. The predicted molar refractivity (Wildman–Crippen MR) is 85.2 cm³/mol. The molecule has 0 saturated heterocycles. The van der Waals surface area contributed by atoms with Gasteiger partial charge in [-0.2, -0.15) is 0 Å². The fraction of sp³-hybridized carbons (Fsp3) is 0.778. The van der Waals surface area contributed by atoms with Crippen LogP contribution in [0.5, 0.6) is 0 Å². The summed E-state index contributed by atoms with van der Waals surface area (Å²) >= 11 is 0. The summed E-state index contributed by atoms with van der Waals surface area (Å²) in [6.07, 6.45) is 1.33. The first-order valence-electron chi connectivity index (χ1n) is 7.61. The summed E-state index contributed by atoms with van der Waals surface area (Å²) in [7, 11) is 0. The smallest absolute Gasteiger partial charge is 0.165 e. The maximum Gasteiger partial charge on any atom is 0.165 e. The number of hydrogen-bond acceptors (Lipinski definition) is 2. The highest BCUT2D eigenvalue weighted by molar-refractivity contribution is 5.14. The summed E-state index contributed by atoms with van der Waals surface area (Å²) in [4.78, 5) is 0. The van der Waals surface area contributed by atoms with Gasteiger partial charge >= 0.3 is 0 Å². The van der Waals surface area contributed by atoms with Gasteiger partial charge in [-0.1, -0.05) is 51.4 Å². The van der Waals surface area contributed by atoms with Crippen molar-refractivity contribution in [3.8, 4) is 23.7 Å². The molecule has 0 spiro atoms. The molecule has 0 aromatic rings. The van der Waals surface area contributed by atoms with Gasteiger partial charge in [0.15, 0.2) is 5.67 Å². The zero-order chi connectivity index (χ0) is 16.6. The molecule has 2 N–H and O–H groups in total. The van der Waals surface area contributed by atoms with E-state index in [1.807, 2.05) is 27.7 Å². The fourth-order valence-corrected chi connectivity index (χ4v) is 1.01. The molecule has 1 aliphatic rings. The number of halogens is 1. The van der Waals surface area contributed by atoms with Gasteiger partial charge < -0.3 is 10.2 Å². The molecular formula is C18H29FO2. The lowest BCUT2D eigenvalue weighted by Crippen LogP contribution is -2.14. The lowest BCUT2D eigenvalue weighted by atomic mass is 10.1. The van der Waals surface area contributed by atoms with Gasteiger partial charge in [-0.3, -0.25) is 0 Å². The van der Waals surface area contributed by atoms with E-state index in [9.17, 15) is 9.50 Å². The van der Waals surface area contributed by atoms with E-state index in [1.54, 1.807) is 0 Å². The third-order valence-corrected chi connectivity index (χ3v) is 2.79. The monoisotopic (exact) mass is 296 g/mol. The Morgan fingerprint density at radius 1 is 0.952 bits per heavy atom. The van der Waals surface area contributed by atoms with Gasteiger partial charge in [-0.15, -0.1) is 0 Å². The molecule has 0 amide bonds. The molecule has 2 atom stereocenters. The third-order valence-electron chi connectivity index (χ3n) is 2.79. The van der Waals surface area contributed by atoms with Crippen LogP contribution in [0.25, 0.3) is 0 Å². The minimum absolute atomic E-state index is 0.0600. The Morgan fingerprint density at radius 3 is 1.71 bits per heavy atom. The van der Waals surface area contributed by atoms with Crippen LogP contribution >= 0.6 is 0 Å². The Hall–Kier alpha value is -1.03. The molecule has 21 heavy (non-hydrogen) atoms. The van der Waals surface area contributed by atoms with Crippen molar-refractivity contribution in [2.45, 2.75) is 72.3 Å². The lowest BCUT2D eigenvalue weighted by molar-refractivity contribution is 0.180. The molecule has 1 fully saturated rings. The molecule has 1 rings (SSSR count). The van der Waals surface area contributed by atoms with Gasteiger partial charge in [0.25, 0.3) is 0 Å². The summed E-state index contributed by atoms with van der Waals surface area (Å²) in [6, 6.07) is 0. The Balaban J connectivity index is 0.000000382. The van der Waals surface area contributed by atoms with Crippen LogP contribution in [-0.4, -0.2) is 28.1 Å². The number of hydrogen-bond donors (Lipinski definition) is 2. The van der Waals surface area contributed by atoms with Crippen LogP contribution in [0.3, 0.4) is 0 Å². The van der Waals surface area contributed by atoms with Crippen molar-refractivity contribution in [2.75, 3.05) is 0 Å². The quantitative estimate of drug-likeness (QED) is 0.768. The van der Waals surface area contributed by atoms with Gasteiger partial charge in [-0.25, -0.2) is 4.39 Å². The van der Waals surface area contributed by atoms with E-state index in [1.165, 1.54) is 26.7 Å². The summed E-state index contributed by atoms with van der Waals surface area (Å²) in [5.41, 5.74) is -1.50. The topological polar surface area (TPSA) is 40.5 Å². The number of aliphatic hydroxyl groups excluding tert-OH is 2. The molecule has 0 radical (unpaired) electrons. The van der Waals surface area contributed by atoms with E-state index in [2.05, 4.69) is 23.7 Å². The standard InChI is InChI=1S/C9H15FO.C9H14O/c1-7(2)8(11)5-6-9(3,4)10;1-7(2)9(10)6-5-8-3-4-8/h7-8,11H,1-4H3;7-10H,3-4H2,1-2H3. The van der Waals surface area contributed by atoms with E-state index in [-0.39, 0.29) is 11.8 Å². The second-order valence-electron chi connectivity index (χ2n) is 6.68. The molecule has 0 aliphatic heterocycles. The summed E-state index contributed by atoms with van der Waals surface area (Å²) in [5, 5.41) is 18.4. The van der Waals surface area contributed by atoms with E-state index in [0.29, 0.717) is 5.92 Å². The number of rotatable bonds is 2. The SMILES string of the molecule is CC(C)C(O)C#CC(C)(C)F.CC(C)C(O)C#CC1CC1. The van der Waals surface area contributed by atoms with E-state index >= 15 is 0 Å². The fourth-order valence-electron chi connectivity index (χ4n) is 1.01. The number of alkyl halides is 1. The number of aliphatic hydroxyl groups is 2. The first-order valence-corrected chi connectivity index (χ1v) is 7.61. The first kappa shape index (κ1) is 20.0. The highest BCUT2D eigenvalue weighted by atomic mass is 19.1. The van der Waals surface area contributed by atoms with Gasteiger partial charge in [-0.05, 0) is 38.5 Å².